The number of carbonyl (C=O) groups excluding carboxylic acids is 1. The number of hydrogen-bond acceptors (Lipinski definition) is 3. The molecule has 92 valence electrons. The molecule has 0 atom stereocenters. The van der Waals surface area contributed by atoms with Crippen molar-refractivity contribution < 1.29 is 19.4 Å². The summed E-state index contributed by atoms with van der Waals surface area (Å²) in [6, 6.07) is 5.30. The van der Waals surface area contributed by atoms with Gasteiger partial charge in [0, 0.05) is 0 Å². The predicted octanol–water partition coefficient (Wildman–Crippen LogP) is 1.81. The number of anilines is 1. The number of carboxylic acids is 1. The molecule has 17 heavy (non-hydrogen) atoms. The fraction of sp³-hybridized carbons (Fsp3) is 0.333. The Morgan fingerprint density at radius 3 is 2.71 bits per heavy atom. The number of carboxylic acid groups (broad SMARTS) is 1. The second-order valence-corrected chi connectivity index (χ2v) is 3.55. The Bertz CT molecular complexity index is 429. The summed E-state index contributed by atoms with van der Waals surface area (Å²) in [6.45, 7) is 4.22. The first-order valence-electron chi connectivity index (χ1n) is 5.28. The number of carbonyl (C=O) groups is 2. The lowest BCUT2D eigenvalue weighted by atomic mass is 10.2. The zero-order valence-corrected chi connectivity index (χ0v) is 9.82. The molecule has 1 aromatic rings. The Kier molecular flexibility index (Phi) is 4.51. The van der Waals surface area contributed by atoms with Crippen molar-refractivity contribution in [2.24, 2.45) is 0 Å². The van der Waals surface area contributed by atoms with Crippen LogP contribution in [0.1, 0.15) is 18.9 Å². The highest BCUT2D eigenvalue weighted by molar-refractivity contribution is 6.02. The number of aliphatic carboxylic acids is 1. The number of hydrogen-bond donors (Lipinski definition) is 2. The average molecular weight is 237 g/mol. The third-order valence-corrected chi connectivity index (χ3v) is 2.02. The fourth-order valence-corrected chi connectivity index (χ4v) is 1.34. The predicted molar refractivity (Wildman–Crippen MR) is 63.2 cm³/mol. The lowest BCUT2D eigenvalue weighted by molar-refractivity contribution is -0.139. The van der Waals surface area contributed by atoms with Crippen LogP contribution < -0.4 is 10.1 Å². The maximum absolute atomic E-state index is 11.3. The van der Waals surface area contributed by atoms with Crippen molar-refractivity contribution in [3.05, 3.63) is 23.8 Å². The van der Waals surface area contributed by atoms with Crippen LogP contribution in [-0.4, -0.2) is 23.6 Å². The minimum absolute atomic E-state index is 0.477. The van der Waals surface area contributed by atoms with Crippen LogP contribution >= 0.6 is 0 Å². The summed E-state index contributed by atoms with van der Waals surface area (Å²) in [4.78, 5) is 21.7. The highest BCUT2D eigenvalue weighted by atomic mass is 16.5. The summed E-state index contributed by atoms with van der Waals surface area (Å²) in [7, 11) is 0. The van der Waals surface area contributed by atoms with Crippen molar-refractivity contribution in [2.75, 3.05) is 11.9 Å². The number of rotatable bonds is 5. The molecule has 1 rings (SSSR count). The van der Waals surface area contributed by atoms with Crippen LogP contribution in [-0.2, 0) is 9.59 Å². The van der Waals surface area contributed by atoms with Gasteiger partial charge in [0.1, 0.15) is 12.2 Å². The van der Waals surface area contributed by atoms with Crippen molar-refractivity contribution in [1.82, 2.24) is 0 Å². The topological polar surface area (TPSA) is 75.6 Å². The third kappa shape index (κ3) is 4.14. The molecule has 0 fully saturated rings. The van der Waals surface area contributed by atoms with Crippen LogP contribution in [0.2, 0.25) is 0 Å². The molecule has 2 N–H and O–H groups in total. The monoisotopic (exact) mass is 237 g/mol. The smallest absolute Gasteiger partial charge is 0.312 e. The molecule has 0 spiro atoms. The lowest BCUT2D eigenvalue weighted by Crippen LogP contribution is -2.16. The van der Waals surface area contributed by atoms with E-state index in [0.717, 1.165) is 5.56 Å². The largest absolute Gasteiger partial charge is 0.492 e. The van der Waals surface area contributed by atoms with E-state index in [0.29, 0.717) is 18.0 Å². The van der Waals surface area contributed by atoms with Gasteiger partial charge in [0.05, 0.1) is 12.3 Å². The van der Waals surface area contributed by atoms with E-state index in [1.807, 2.05) is 19.9 Å². The number of aryl methyl sites for hydroxylation is 1. The van der Waals surface area contributed by atoms with Gasteiger partial charge in [-0.1, -0.05) is 6.07 Å². The van der Waals surface area contributed by atoms with Crippen LogP contribution in [0.5, 0.6) is 5.75 Å². The Hall–Kier alpha value is -2.04. The fourth-order valence-electron chi connectivity index (χ4n) is 1.34. The number of benzene rings is 1. The lowest BCUT2D eigenvalue weighted by Gasteiger charge is -2.11. The molecule has 0 unspecified atom stereocenters. The van der Waals surface area contributed by atoms with Gasteiger partial charge in [-0.3, -0.25) is 9.59 Å². The summed E-state index contributed by atoms with van der Waals surface area (Å²) in [6.07, 6.45) is -0.556. The first-order valence-corrected chi connectivity index (χ1v) is 5.28. The van der Waals surface area contributed by atoms with Crippen LogP contribution in [0.25, 0.3) is 0 Å². The number of amides is 1. The number of nitrogens with one attached hydrogen (secondary N) is 1. The quantitative estimate of drug-likeness (QED) is 0.766. The molecule has 0 aliphatic carbocycles. The summed E-state index contributed by atoms with van der Waals surface area (Å²) in [5.74, 6) is -1.18. The summed E-state index contributed by atoms with van der Waals surface area (Å²) in [5, 5.41) is 11.0. The molecular weight excluding hydrogens is 222 g/mol. The SMILES string of the molecule is CCOc1cc(C)ccc1NC(=O)CC(=O)O. The van der Waals surface area contributed by atoms with Crippen molar-refractivity contribution >= 4 is 17.6 Å². The maximum atomic E-state index is 11.3. The Morgan fingerprint density at radius 1 is 1.41 bits per heavy atom. The molecule has 0 aromatic heterocycles. The van der Waals surface area contributed by atoms with Gasteiger partial charge in [0.2, 0.25) is 5.91 Å². The standard InChI is InChI=1S/C12H15NO4/c1-3-17-10-6-8(2)4-5-9(10)13-11(14)7-12(15)16/h4-6H,3,7H2,1-2H3,(H,13,14)(H,15,16). The van der Waals surface area contributed by atoms with Crippen LogP contribution in [0.4, 0.5) is 5.69 Å². The van der Waals surface area contributed by atoms with E-state index in [1.54, 1.807) is 12.1 Å². The molecule has 1 amide bonds. The Balaban J connectivity index is 2.82. The summed E-state index contributed by atoms with van der Waals surface area (Å²) < 4.78 is 5.36. The highest BCUT2D eigenvalue weighted by Gasteiger charge is 2.11. The minimum atomic E-state index is -1.16. The molecule has 0 radical (unpaired) electrons. The molecule has 1 aromatic carbocycles. The van der Waals surface area contributed by atoms with E-state index >= 15 is 0 Å². The van der Waals surface area contributed by atoms with Gasteiger partial charge in [-0.05, 0) is 31.5 Å². The van der Waals surface area contributed by atoms with Crippen molar-refractivity contribution in [1.29, 1.82) is 0 Å². The molecule has 5 heteroatoms. The summed E-state index contributed by atoms with van der Waals surface area (Å²) >= 11 is 0. The van der Waals surface area contributed by atoms with E-state index < -0.39 is 18.3 Å². The van der Waals surface area contributed by atoms with E-state index in [9.17, 15) is 9.59 Å². The molecule has 0 aliphatic rings. The third-order valence-electron chi connectivity index (χ3n) is 2.02. The number of ether oxygens (including phenoxy) is 1. The minimum Gasteiger partial charge on any atom is -0.492 e. The van der Waals surface area contributed by atoms with E-state index in [2.05, 4.69) is 5.32 Å². The molecule has 0 saturated heterocycles. The van der Waals surface area contributed by atoms with Gasteiger partial charge in [-0.15, -0.1) is 0 Å². The molecule has 0 heterocycles. The van der Waals surface area contributed by atoms with Crippen LogP contribution in [0.3, 0.4) is 0 Å². The van der Waals surface area contributed by atoms with Gasteiger partial charge in [-0.25, -0.2) is 0 Å². The normalized spacial score (nSPS) is 9.76. The van der Waals surface area contributed by atoms with Gasteiger partial charge in [-0.2, -0.15) is 0 Å². The van der Waals surface area contributed by atoms with Crippen LogP contribution in [0, 0.1) is 6.92 Å². The van der Waals surface area contributed by atoms with Gasteiger partial charge >= 0.3 is 5.97 Å². The second-order valence-electron chi connectivity index (χ2n) is 3.55. The van der Waals surface area contributed by atoms with E-state index in [4.69, 9.17) is 9.84 Å². The zero-order chi connectivity index (χ0) is 12.8. The van der Waals surface area contributed by atoms with Crippen molar-refractivity contribution in [3.63, 3.8) is 0 Å². The van der Waals surface area contributed by atoms with E-state index in [1.165, 1.54) is 0 Å². The van der Waals surface area contributed by atoms with E-state index in [-0.39, 0.29) is 0 Å². The van der Waals surface area contributed by atoms with Crippen LogP contribution in [0.15, 0.2) is 18.2 Å². The maximum Gasteiger partial charge on any atom is 0.312 e. The highest BCUT2D eigenvalue weighted by Crippen LogP contribution is 2.25. The first-order chi connectivity index (χ1) is 8.02. The van der Waals surface area contributed by atoms with Gasteiger partial charge in [0.25, 0.3) is 0 Å². The molecule has 0 saturated carbocycles. The summed E-state index contributed by atoms with van der Waals surface area (Å²) in [5.41, 5.74) is 1.49. The molecule has 5 nitrogen and oxygen atoms in total. The average Bonchev–Trinajstić information content (AvgIpc) is 2.21. The van der Waals surface area contributed by atoms with Crippen molar-refractivity contribution in [3.8, 4) is 5.75 Å². The molecule has 0 aliphatic heterocycles. The molecular formula is C12H15NO4. The van der Waals surface area contributed by atoms with Gasteiger partial charge in [0.15, 0.2) is 0 Å². The Labute approximate surface area is 99.4 Å². The molecule has 0 bridgehead atoms. The Morgan fingerprint density at radius 2 is 2.12 bits per heavy atom. The van der Waals surface area contributed by atoms with Gasteiger partial charge < -0.3 is 15.2 Å². The first kappa shape index (κ1) is 13.0. The zero-order valence-electron chi connectivity index (χ0n) is 9.82. The second kappa shape index (κ2) is 5.89. The van der Waals surface area contributed by atoms with Crippen molar-refractivity contribution in [2.45, 2.75) is 20.3 Å².